The van der Waals surface area contributed by atoms with Crippen molar-refractivity contribution >= 4 is 43.3 Å². The maximum Gasteiger partial charge on any atom is 0.348 e. The van der Waals surface area contributed by atoms with E-state index in [9.17, 15) is 13.2 Å². The minimum Gasteiger partial charge on any atom is -0.468 e. The Bertz CT molecular complexity index is 705. The largest absolute Gasteiger partial charge is 0.468 e. The Hall–Kier alpha value is -1.16. The Morgan fingerprint density at radius 3 is 2.90 bits per heavy atom. The summed E-state index contributed by atoms with van der Waals surface area (Å²) in [5, 5.41) is 0. The molecule has 0 saturated carbocycles. The van der Waals surface area contributed by atoms with Crippen LogP contribution in [-0.2, 0) is 21.3 Å². The molecule has 0 fully saturated rings. The second-order valence-electron chi connectivity index (χ2n) is 3.64. The third-order valence-corrected chi connectivity index (χ3v) is 5.98. The molecule has 6 nitrogen and oxygen atoms in total. The van der Waals surface area contributed by atoms with E-state index in [1.807, 2.05) is 0 Å². The van der Waals surface area contributed by atoms with Gasteiger partial charge in [-0.25, -0.2) is 17.9 Å². The van der Waals surface area contributed by atoms with Gasteiger partial charge in [-0.15, -0.1) is 11.3 Å². The lowest BCUT2D eigenvalue weighted by Gasteiger charge is -2.03. The van der Waals surface area contributed by atoms with Gasteiger partial charge in [-0.1, -0.05) is 0 Å². The molecule has 2 aromatic heterocycles. The lowest BCUT2D eigenvalue weighted by atomic mass is 10.5. The van der Waals surface area contributed by atoms with Gasteiger partial charge in [-0.2, -0.15) is 0 Å². The Balaban J connectivity index is 2.21. The second kappa shape index (κ2) is 6.08. The molecule has 20 heavy (non-hydrogen) atoms. The van der Waals surface area contributed by atoms with Gasteiger partial charge in [-0.05, 0) is 34.1 Å². The van der Waals surface area contributed by atoms with E-state index in [1.54, 1.807) is 12.1 Å². The Labute approximate surface area is 127 Å². The molecule has 0 atom stereocenters. The summed E-state index contributed by atoms with van der Waals surface area (Å²) in [7, 11) is -2.51. The van der Waals surface area contributed by atoms with E-state index >= 15 is 0 Å². The van der Waals surface area contributed by atoms with Crippen molar-refractivity contribution < 1.29 is 22.4 Å². The lowest BCUT2D eigenvalue weighted by Crippen LogP contribution is -2.22. The first-order valence-corrected chi connectivity index (χ1v) is 8.43. The summed E-state index contributed by atoms with van der Waals surface area (Å²) in [5.74, 6) is -0.0868. The third kappa shape index (κ3) is 3.29. The molecule has 2 aromatic rings. The normalized spacial score (nSPS) is 11.5. The van der Waals surface area contributed by atoms with Crippen LogP contribution in [0.25, 0.3) is 0 Å². The summed E-state index contributed by atoms with van der Waals surface area (Å²) in [4.78, 5) is 11.6. The number of thiophene rings is 1. The van der Waals surface area contributed by atoms with Crippen LogP contribution in [-0.4, -0.2) is 21.5 Å². The number of carbonyl (C=O) groups is 1. The zero-order valence-electron chi connectivity index (χ0n) is 10.3. The molecule has 0 aliphatic carbocycles. The quantitative estimate of drug-likeness (QED) is 0.805. The molecular weight excluding hydrogens is 370 g/mol. The number of sulfonamides is 1. The maximum atomic E-state index is 12.1. The molecule has 0 unspecified atom stereocenters. The highest BCUT2D eigenvalue weighted by molar-refractivity contribution is 9.11. The van der Waals surface area contributed by atoms with Crippen LogP contribution < -0.4 is 4.72 Å². The average Bonchev–Trinajstić information content (AvgIpc) is 3.05. The van der Waals surface area contributed by atoms with Gasteiger partial charge >= 0.3 is 5.97 Å². The molecule has 0 aliphatic rings. The predicted molar refractivity (Wildman–Crippen MR) is 76.1 cm³/mol. The number of nitrogens with one attached hydrogen (secondary N) is 1. The van der Waals surface area contributed by atoms with Crippen LogP contribution in [0.3, 0.4) is 0 Å². The van der Waals surface area contributed by atoms with Gasteiger partial charge < -0.3 is 9.15 Å². The topological polar surface area (TPSA) is 85.6 Å². The first-order chi connectivity index (χ1) is 9.44. The zero-order chi connectivity index (χ0) is 14.8. The number of carbonyl (C=O) groups excluding carboxylic acids is 1. The van der Waals surface area contributed by atoms with Gasteiger partial charge in [0, 0.05) is 0 Å². The summed E-state index contributed by atoms with van der Waals surface area (Å²) in [6.45, 7) is 0.0329. The van der Waals surface area contributed by atoms with Crippen molar-refractivity contribution in [2.75, 3.05) is 7.11 Å². The SMILES string of the molecule is COC(=O)c1cc(S(=O)(=O)NCc2ccco2)c(Br)s1. The molecule has 2 rings (SSSR count). The van der Waals surface area contributed by atoms with E-state index in [2.05, 4.69) is 25.4 Å². The standard InChI is InChI=1S/C11H10BrNO5S2/c1-17-11(14)8-5-9(10(12)19-8)20(15,16)13-6-7-3-2-4-18-7/h2-5,13H,6H2,1H3. The van der Waals surface area contributed by atoms with Crippen molar-refractivity contribution in [1.82, 2.24) is 4.72 Å². The van der Waals surface area contributed by atoms with Crippen LogP contribution in [0.15, 0.2) is 37.6 Å². The van der Waals surface area contributed by atoms with Crippen LogP contribution >= 0.6 is 27.3 Å². The molecule has 1 N–H and O–H groups in total. The fourth-order valence-electron chi connectivity index (χ4n) is 1.39. The molecule has 0 spiro atoms. The average molecular weight is 380 g/mol. The Kier molecular flexibility index (Phi) is 4.63. The highest BCUT2D eigenvalue weighted by Crippen LogP contribution is 2.32. The molecule has 0 bridgehead atoms. The van der Waals surface area contributed by atoms with E-state index in [4.69, 9.17) is 4.42 Å². The minimum atomic E-state index is -3.74. The first kappa shape index (κ1) is 15.2. The number of hydrogen-bond acceptors (Lipinski definition) is 6. The van der Waals surface area contributed by atoms with Crippen molar-refractivity contribution in [3.8, 4) is 0 Å². The number of methoxy groups -OCH3 is 1. The van der Waals surface area contributed by atoms with Crippen LogP contribution in [0.5, 0.6) is 0 Å². The van der Waals surface area contributed by atoms with E-state index in [1.165, 1.54) is 19.4 Å². The molecule has 2 heterocycles. The summed E-state index contributed by atoms with van der Waals surface area (Å²) in [5.41, 5.74) is 0. The van der Waals surface area contributed by atoms with Gasteiger partial charge in [-0.3, -0.25) is 0 Å². The highest BCUT2D eigenvalue weighted by atomic mass is 79.9. The lowest BCUT2D eigenvalue weighted by molar-refractivity contribution is 0.0606. The molecule has 0 amide bonds. The van der Waals surface area contributed by atoms with Gasteiger partial charge in [0.15, 0.2) is 0 Å². The monoisotopic (exact) mass is 379 g/mol. The summed E-state index contributed by atoms with van der Waals surface area (Å²) >= 11 is 4.13. The van der Waals surface area contributed by atoms with E-state index < -0.39 is 16.0 Å². The van der Waals surface area contributed by atoms with Crippen LogP contribution in [0, 0.1) is 0 Å². The summed E-state index contributed by atoms with van der Waals surface area (Å²) < 4.78 is 36.6. The highest BCUT2D eigenvalue weighted by Gasteiger charge is 2.23. The number of ether oxygens (including phenoxy) is 1. The van der Waals surface area contributed by atoms with Gasteiger partial charge in [0.25, 0.3) is 0 Å². The third-order valence-electron chi connectivity index (χ3n) is 2.35. The van der Waals surface area contributed by atoms with Crippen molar-refractivity contribution in [3.05, 3.63) is 38.9 Å². The van der Waals surface area contributed by atoms with Crippen molar-refractivity contribution in [2.24, 2.45) is 0 Å². The van der Waals surface area contributed by atoms with Crippen molar-refractivity contribution in [2.45, 2.75) is 11.4 Å². The van der Waals surface area contributed by atoms with Gasteiger partial charge in [0.05, 0.1) is 23.7 Å². The zero-order valence-corrected chi connectivity index (χ0v) is 13.5. The molecule has 0 radical (unpaired) electrons. The summed E-state index contributed by atoms with van der Waals surface area (Å²) in [6.07, 6.45) is 1.46. The molecule has 0 saturated heterocycles. The van der Waals surface area contributed by atoms with Gasteiger partial charge in [0.2, 0.25) is 10.0 Å². The van der Waals surface area contributed by atoms with E-state index in [0.29, 0.717) is 9.55 Å². The van der Waals surface area contributed by atoms with Crippen LogP contribution in [0.2, 0.25) is 0 Å². The minimum absolute atomic E-state index is 0.00513. The molecule has 0 aromatic carbocycles. The molecule has 9 heteroatoms. The van der Waals surface area contributed by atoms with Crippen molar-refractivity contribution in [3.63, 3.8) is 0 Å². The number of rotatable bonds is 5. The molecule has 108 valence electrons. The van der Waals surface area contributed by atoms with Crippen LogP contribution in [0.4, 0.5) is 0 Å². The number of furan rings is 1. The van der Waals surface area contributed by atoms with E-state index in [0.717, 1.165) is 11.3 Å². The molecule has 0 aliphatic heterocycles. The molecular formula is C11H10BrNO5S2. The van der Waals surface area contributed by atoms with Gasteiger partial charge in [0.1, 0.15) is 15.5 Å². The Morgan fingerprint density at radius 2 is 2.30 bits per heavy atom. The Morgan fingerprint density at radius 1 is 1.55 bits per heavy atom. The number of halogens is 1. The smallest absolute Gasteiger partial charge is 0.348 e. The fraction of sp³-hybridized carbons (Fsp3) is 0.182. The number of esters is 1. The van der Waals surface area contributed by atoms with Crippen molar-refractivity contribution in [1.29, 1.82) is 0 Å². The maximum absolute atomic E-state index is 12.1. The summed E-state index contributed by atoms with van der Waals surface area (Å²) in [6, 6.07) is 4.59. The first-order valence-electron chi connectivity index (χ1n) is 5.33. The van der Waals surface area contributed by atoms with E-state index in [-0.39, 0.29) is 16.3 Å². The second-order valence-corrected chi connectivity index (χ2v) is 7.75. The van der Waals surface area contributed by atoms with Crippen LogP contribution in [0.1, 0.15) is 15.4 Å². The predicted octanol–water partition coefficient (Wildman–Crippen LogP) is 2.37. The number of hydrogen-bond donors (Lipinski definition) is 1. The fourth-order valence-corrected chi connectivity index (χ4v) is 4.87.